The number of para-hydroxylation sites is 1. The second kappa shape index (κ2) is 12.0. The van der Waals surface area contributed by atoms with E-state index in [0.29, 0.717) is 11.3 Å². The maximum absolute atomic E-state index is 10.6. The van der Waals surface area contributed by atoms with Gasteiger partial charge in [0, 0.05) is 16.6 Å². The van der Waals surface area contributed by atoms with E-state index in [1.165, 1.54) is 20.7 Å². The Morgan fingerprint density at radius 1 is 0.521 bits per heavy atom. The zero-order chi connectivity index (χ0) is 32.5. The molecule has 0 aliphatic carbocycles. The van der Waals surface area contributed by atoms with E-state index in [1.807, 2.05) is 42.5 Å². The minimum atomic E-state index is -2.89. The summed E-state index contributed by atoms with van der Waals surface area (Å²) in [5.74, 6) is 0. The van der Waals surface area contributed by atoms with E-state index >= 15 is 0 Å². The van der Waals surface area contributed by atoms with E-state index in [1.54, 1.807) is 0 Å². The van der Waals surface area contributed by atoms with Crippen LogP contribution in [0.4, 0.5) is 5.69 Å². The summed E-state index contributed by atoms with van der Waals surface area (Å²) in [6.07, 6.45) is 0. The van der Waals surface area contributed by atoms with Crippen LogP contribution in [0, 0.1) is 17.9 Å². The van der Waals surface area contributed by atoms with E-state index < -0.39 is 8.07 Å². The molecule has 0 aliphatic heterocycles. The molecule has 0 saturated carbocycles. The SMILES string of the molecule is [C-]#[N+]c1ccc2c(c1)c1ccccc1n2-c1ccc(C#N)c(-c2ccccc2[Si](c2ccccc2)(c2ccccc2)c2ccccc2)c1. The Bertz CT molecular complexity index is 2430. The first-order valence-electron chi connectivity index (χ1n) is 16.0. The standard InChI is InChI=1S/C44H29N3Si/c1-46-33-26-28-43-41(29-33)38-21-11-13-23-42(38)47(43)34-27-25-32(31-45)40(30-34)39-22-12-14-24-44(39)48(35-15-5-2-6-16-35,36-17-7-3-8-18-36)37-19-9-4-10-20-37/h2-30H. The van der Waals surface area contributed by atoms with Gasteiger partial charge in [0.1, 0.15) is 0 Å². The second-order valence-corrected chi connectivity index (χ2v) is 15.7. The molecule has 7 aromatic carbocycles. The molecule has 1 aromatic heterocycles. The van der Waals surface area contributed by atoms with Crippen molar-refractivity contribution in [3.63, 3.8) is 0 Å². The zero-order valence-corrected chi connectivity index (χ0v) is 27.1. The van der Waals surface area contributed by atoms with Crippen LogP contribution in [0.2, 0.25) is 0 Å². The number of hydrogen-bond donors (Lipinski definition) is 0. The summed E-state index contributed by atoms with van der Waals surface area (Å²) in [7, 11) is -2.89. The Hall–Kier alpha value is -6.46. The van der Waals surface area contributed by atoms with Crippen molar-refractivity contribution in [1.82, 2.24) is 4.57 Å². The number of hydrogen-bond acceptors (Lipinski definition) is 1. The van der Waals surface area contributed by atoms with E-state index in [2.05, 4.69) is 149 Å². The summed E-state index contributed by atoms with van der Waals surface area (Å²) >= 11 is 0. The van der Waals surface area contributed by atoms with Gasteiger partial charge < -0.3 is 4.57 Å². The highest BCUT2D eigenvalue weighted by Crippen LogP contribution is 2.36. The molecule has 48 heavy (non-hydrogen) atoms. The van der Waals surface area contributed by atoms with Gasteiger partial charge in [-0.3, -0.25) is 0 Å². The number of rotatable bonds is 6. The molecule has 0 N–H and O–H groups in total. The summed E-state index contributed by atoms with van der Waals surface area (Å²) in [4.78, 5) is 3.70. The van der Waals surface area contributed by atoms with Gasteiger partial charge in [-0.2, -0.15) is 5.26 Å². The first-order valence-corrected chi connectivity index (χ1v) is 18.0. The molecule has 0 unspecified atom stereocenters. The number of benzene rings is 7. The zero-order valence-electron chi connectivity index (χ0n) is 26.1. The number of fused-ring (bicyclic) bond motifs is 3. The number of nitrogens with zero attached hydrogens (tertiary/aromatic N) is 3. The maximum atomic E-state index is 10.6. The molecule has 0 radical (unpaired) electrons. The molecule has 0 atom stereocenters. The summed E-state index contributed by atoms with van der Waals surface area (Å²) in [5, 5.41) is 17.8. The monoisotopic (exact) mass is 627 g/mol. The van der Waals surface area contributed by atoms with Crippen LogP contribution in [0.3, 0.4) is 0 Å². The van der Waals surface area contributed by atoms with Crippen LogP contribution >= 0.6 is 0 Å². The Balaban J connectivity index is 1.46. The molecule has 0 spiro atoms. The van der Waals surface area contributed by atoms with Gasteiger partial charge in [0.2, 0.25) is 0 Å². The highest BCUT2D eigenvalue weighted by molar-refractivity contribution is 7.20. The molecule has 4 heteroatoms. The summed E-state index contributed by atoms with van der Waals surface area (Å²) in [6, 6.07) is 64.2. The third-order valence-corrected chi connectivity index (χ3v) is 14.3. The first-order chi connectivity index (χ1) is 23.7. The van der Waals surface area contributed by atoms with Crippen LogP contribution in [0.15, 0.2) is 176 Å². The third kappa shape index (κ3) is 4.55. The topological polar surface area (TPSA) is 33.1 Å². The minimum absolute atomic E-state index is 0.615. The van der Waals surface area contributed by atoms with Crippen molar-refractivity contribution in [2.24, 2.45) is 0 Å². The lowest BCUT2D eigenvalue weighted by atomic mass is 9.99. The van der Waals surface area contributed by atoms with Crippen molar-refractivity contribution >= 4 is 56.3 Å². The van der Waals surface area contributed by atoms with Crippen LogP contribution in [0.5, 0.6) is 0 Å². The Kier molecular flexibility index (Phi) is 7.27. The predicted molar refractivity (Wildman–Crippen MR) is 201 cm³/mol. The molecule has 0 bridgehead atoms. The lowest BCUT2D eigenvalue weighted by Crippen LogP contribution is -2.75. The van der Waals surface area contributed by atoms with Crippen LogP contribution < -0.4 is 20.7 Å². The Morgan fingerprint density at radius 3 is 1.71 bits per heavy atom. The second-order valence-electron chi connectivity index (χ2n) is 11.9. The van der Waals surface area contributed by atoms with Crippen molar-refractivity contribution in [2.45, 2.75) is 0 Å². The smallest absolute Gasteiger partial charge is 0.188 e. The molecule has 0 saturated heterocycles. The summed E-state index contributed by atoms with van der Waals surface area (Å²) in [6.45, 7) is 7.61. The highest BCUT2D eigenvalue weighted by Gasteiger charge is 2.43. The van der Waals surface area contributed by atoms with E-state index in [-0.39, 0.29) is 0 Å². The summed E-state index contributed by atoms with van der Waals surface area (Å²) in [5.41, 5.74) is 6.23. The van der Waals surface area contributed by atoms with Gasteiger partial charge in [-0.15, -0.1) is 0 Å². The van der Waals surface area contributed by atoms with Gasteiger partial charge in [0.05, 0.1) is 29.2 Å². The molecule has 0 aliphatic rings. The van der Waals surface area contributed by atoms with Crippen LogP contribution in [-0.4, -0.2) is 12.6 Å². The van der Waals surface area contributed by atoms with Crippen molar-refractivity contribution in [3.05, 3.63) is 193 Å². The molecule has 3 nitrogen and oxygen atoms in total. The van der Waals surface area contributed by atoms with Gasteiger partial charge in [0.25, 0.3) is 0 Å². The van der Waals surface area contributed by atoms with Gasteiger partial charge in [0.15, 0.2) is 13.8 Å². The maximum Gasteiger partial charge on any atom is 0.188 e. The molecule has 8 aromatic rings. The molecule has 0 amide bonds. The van der Waals surface area contributed by atoms with E-state index in [4.69, 9.17) is 6.57 Å². The molecule has 1 heterocycles. The third-order valence-electron chi connectivity index (χ3n) is 9.41. The number of aromatic nitrogens is 1. The van der Waals surface area contributed by atoms with Crippen LogP contribution in [0.25, 0.3) is 43.5 Å². The Labute approximate surface area is 281 Å². The quantitative estimate of drug-likeness (QED) is 0.104. The lowest BCUT2D eigenvalue weighted by molar-refractivity contribution is 1.18. The number of nitriles is 1. The molecular weight excluding hydrogens is 599 g/mol. The van der Waals surface area contributed by atoms with Gasteiger partial charge in [-0.1, -0.05) is 140 Å². The van der Waals surface area contributed by atoms with Crippen LogP contribution in [-0.2, 0) is 0 Å². The Morgan fingerprint density at radius 2 is 1.08 bits per heavy atom. The van der Waals surface area contributed by atoms with Crippen LogP contribution in [0.1, 0.15) is 5.56 Å². The molecular formula is C44H29N3Si. The predicted octanol–water partition coefficient (Wildman–Crippen LogP) is 8.25. The van der Waals surface area contributed by atoms with Gasteiger partial charge in [-0.25, -0.2) is 4.85 Å². The first kappa shape index (κ1) is 29.0. The fraction of sp³-hybridized carbons (Fsp3) is 0. The van der Waals surface area contributed by atoms with Crippen molar-refractivity contribution in [2.75, 3.05) is 0 Å². The van der Waals surface area contributed by atoms with Crippen molar-refractivity contribution in [3.8, 4) is 22.9 Å². The fourth-order valence-electron chi connectivity index (χ4n) is 7.38. The molecule has 224 valence electrons. The van der Waals surface area contributed by atoms with E-state index in [0.717, 1.165) is 38.6 Å². The highest BCUT2D eigenvalue weighted by atomic mass is 28.3. The van der Waals surface area contributed by atoms with Gasteiger partial charge in [-0.05, 0) is 68.1 Å². The average molecular weight is 628 g/mol. The normalized spacial score (nSPS) is 11.3. The minimum Gasteiger partial charge on any atom is -0.309 e. The van der Waals surface area contributed by atoms with Crippen molar-refractivity contribution in [1.29, 1.82) is 5.26 Å². The van der Waals surface area contributed by atoms with Gasteiger partial charge >= 0.3 is 0 Å². The van der Waals surface area contributed by atoms with Crippen molar-refractivity contribution < 1.29 is 0 Å². The largest absolute Gasteiger partial charge is 0.309 e. The molecule has 8 rings (SSSR count). The van der Waals surface area contributed by atoms with E-state index in [9.17, 15) is 5.26 Å². The average Bonchev–Trinajstić information content (AvgIpc) is 3.50. The molecule has 0 fully saturated rings. The fourth-order valence-corrected chi connectivity index (χ4v) is 12.4. The lowest BCUT2D eigenvalue weighted by Gasteiger charge is -2.36. The summed E-state index contributed by atoms with van der Waals surface area (Å²) < 4.78 is 2.25.